The summed E-state index contributed by atoms with van der Waals surface area (Å²) in [5, 5.41) is 7.40. The normalized spacial score (nSPS) is 26.4. The number of hydrogen-bond acceptors (Lipinski definition) is 7. The van der Waals surface area contributed by atoms with Gasteiger partial charge < -0.3 is 14.2 Å². The molecule has 7 nitrogen and oxygen atoms in total. The van der Waals surface area contributed by atoms with E-state index in [9.17, 15) is 4.79 Å². The number of methoxy groups -OCH3 is 1. The van der Waals surface area contributed by atoms with Gasteiger partial charge in [0.15, 0.2) is 5.82 Å². The predicted octanol–water partition coefficient (Wildman–Crippen LogP) is 7.81. The van der Waals surface area contributed by atoms with E-state index in [1.165, 1.54) is 44.9 Å². The molecule has 5 aliphatic rings. The topological polar surface area (TPSA) is 81.3 Å². The number of thiazole rings is 1. The third-order valence-corrected chi connectivity index (χ3v) is 11.3. The molecular weight excluding hydrogens is 532 g/mol. The summed E-state index contributed by atoms with van der Waals surface area (Å²) in [6.45, 7) is 1.31. The molecule has 8 rings (SSSR count). The molecule has 1 aromatic carbocycles. The zero-order chi connectivity index (χ0) is 27.9. The Morgan fingerprint density at radius 1 is 1.05 bits per heavy atom. The van der Waals surface area contributed by atoms with Crippen LogP contribution in [0.2, 0.25) is 0 Å². The van der Waals surface area contributed by atoms with Crippen molar-refractivity contribution in [2.24, 2.45) is 11.3 Å². The van der Waals surface area contributed by atoms with Gasteiger partial charge in [0.1, 0.15) is 5.01 Å². The smallest absolute Gasteiger partial charge is 0.232 e. The van der Waals surface area contributed by atoms with Gasteiger partial charge in [0, 0.05) is 48.0 Å². The summed E-state index contributed by atoms with van der Waals surface area (Å²) in [6, 6.07) is 8.48. The minimum absolute atomic E-state index is 0.0310. The summed E-state index contributed by atoms with van der Waals surface area (Å²) in [7, 11) is 1.70. The molecule has 0 atom stereocenters. The summed E-state index contributed by atoms with van der Waals surface area (Å²) in [4.78, 5) is 25.9. The average Bonchev–Trinajstić information content (AvgIpc) is 3.54. The molecule has 2 aromatic heterocycles. The Balaban J connectivity index is 1.12. The molecule has 5 fully saturated rings. The summed E-state index contributed by atoms with van der Waals surface area (Å²) in [5.74, 6) is 3.12. The number of carbonyl (C=O) groups is 1. The van der Waals surface area contributed by atoms with Crippen molar-refractivity contribution < 1.29 is 14.1 Å². The van der Waals surface area contributed by atoms with Gasteiger partial charge in [-0.3, -0.25) is 4.79 Å². The second kappa shape index (κ2) is 11.3. The maximum atomic E-state index is 14.1. The van der Waals surface area contributed by atoms with Crippen molar-refractivity contribution in [2.45, 2.75) is 108 Å². The van der Waals surface area contributed by atoms with E-state index in [2.05, 4.69) is 39.7 Å². The van der Waals surface area contributed by atoms with Gasteiger partial charge in [-0.25, -0.2) is 4.98 Å². The Hall–Kier alpha value is -2.58. The first kappa shape index (κ1) is 27.3. The van der Waals surface area contributed by atoms with Crippen molar-refractivity contribution >= 4 is 22.9 Å². The second-order valence-electron chi connectivity index (χ2n) is 13.3. The highest BCUT2D eigenvalue weighted by molar-refractivity contribution is 7.09. The highest BCUT2D eigenvalue weighted by Crippen LogP contribution is 2.58. The zero-order valence-electron chi connectivity index (χ0n) is 24.3. The number of ether oxygens (including phenoxy) is 1. The maximum Gasteiger partial charge on any atom is 0.232 e. The van der Waals surface area contributed by atoms with Gasteiger partial charge in [-0.2, -0.15) is 4.98 Å². The molecule has 0 N–H and O–H groups in total. The Morgan fingerprint density at radius 2 is 1.83 bits per heavy atom. The van der Waals surface area contributed by atoms with Gasteiger partial charge in [0.25, 0.3) is 0 Å². The van der Waals surface area contributed by atoms with E-state index in [0.717, 1.165) is 78.7 Å². The van der Waals surface area contributed by atoms with Crippen molar-refractivity contribution in [3.05, 3.63) is 46.4 Å². The Bertz CT molecular complexity index is 1350. The van der Waals surface area contributed by atoms with E-state index in [4.69, 9.17) is 19.2 Å². The van der Waals surface area contributed by atoms with Crippen molar-refractivity contribution in [3.63, 3.8) is 0 Å². The molecule has 5 aliphatic carbocycles. The fourth-order valence-corrected chi connectivity index (χ4v) is 8.43. The largest absolute Gasteiger partial charge is 0.378 e. The number of fused-ring (bicyclic) bond motifs is 3. The number of benzene rings is 1. The Labute approximate surface area is 247 Å². The first-order chi connectivity index (χ1) is 20.0. The van der Waals surface area contributed by atoms with Crippen LogP contribution >= 0.6 is 11.3 Å². The molecule has 2 heterocycles. The molecular formula is C33H42N4O3S. The van der Waals surface area contributed by atoms with Gasteiger partial charge >= 0.3 is 0 Å². The van der Waals surface area contributed by atoms with E-state index < -0.39 is 0 Å². The number of hydrogen-bond donors (Lipinski definition) is 0. The lowest BCUT2D eigenvalue weighted by Gasteiger charge is -2.53. The molecule has 2 bridgehead atoms. The lowest BCUT2D eigenvalue weighted by molar-refractivity contribution is -0.120. The van der Waals surface area contributed by atoms with Gasteiger partial charge in [0.05, 0.1) is 12.3 Å². The molecule has 218 valence electrons. The standard InChI is InChI=1S/C33H42N4O3S/c1-39-20-28-34-27(21-41-28)25-8-5-9-26(19-25)37(29(38)18-23-6-3-2-4-7-23)22-32-12-15-33(16-13-32,17-14-32)31-35-30(36-40-31)24-10-11-24/h5,8-9,19,21,23-24H,2-4,6-7,10-18,20,22H2,1H3. The zero-order valence-corrected chi connectivity index (χ0v) is 25.1. The highest BCUT2D eigenvalue weighted by Gasteiger charge is 2.53. The van der Waals surface area contributed by atoms with Crippen LogP contribution in [-0.4, -0.2) is 34.7 Å². The van der Waals surface area contributed by atoms with Gasteiger partial charge in [-0.15, -0.1) is 11.3 Å². The fraction of sp³-hybridized carbons (Fsp3) is 0.636. The first-order valence-corrected chi connectivity index (χ1v) is 16.6. The molecule has 41 heavy (non-hydrogen) atoms. The van der Waals surface area contributed by atoms with Crippen LogP contribution in [0, 0.1) is 11.3 Å². The minimum atomic E-state index is 0.0310. The molecule has 0 aliphatic heterocycles. The molecule has 1 amide bonds. The molecule has 5 saturated carbocycles. The van der Waals surface area contributed by atoms with Crippen molar-refractivity contribution in [3.8, 4) is 11.3 Å². The van der Waals surface area contributed by atoms with E-state index >= 15 is 0 Å². The van der Waals surface area contributed by atoms with Crippen molar-refractivity contribution in [1.29, 1.82) is 0 Å². The van der Waals surface area contributed by atoms with Crippen molar-refractivity contribution in [1.82, 2.24) is 15.1 Å². The van der Waals surface area contributed by atoms with Gasteiger partial charge in [0.2, 0.25) is 11.8 Å². The summed E-state index contributed by atoms with van der Waals surface area (Å²) in [6.07, 6.45) is 15.8. The van der Waals surface area contributed by atoms with Gasteiger partial charge in [-0.05, 0) is 87.7 Å². The van der Waals surface area contributed by atoms with Crippen molar-refractivity contribution in [2.75, 3.05) is 18.6 Å². The number of amides is 1. The van der Waals surface area contributed by atoms with Crippen LogP contribution in [0.3, 0.4) is 0 Å². The molecule has 0 radical (unpaired) electrons. The first-order valence-electron chi connectivity index (χ1n) is 15.7. The number of nitrogens with zero attached hydrogens (tertiary/aromatic N) is 4. The maximum absolute atomic E-state index is 14.1. The van der Waals surface area contributed by atoms with Crippen LogP contribution in [0.25, 0.3) is 11.3 Å². The lowest BCUT2D eigenvalue weighted by Crippen LogP contribution is -2.51. The molecule has 0 spiro atoms. The number of rotatable bonds is 10. The monoisotopic (exact) mass is 574 g/mol. The Kier molecular flexibility index (Phi) is 7.48. The fourth-order valence-electron chi connectivity index (χ4n) is 7.65. The lowest BCUT2D eigenvalue weighted by atomic mass is 9.53. The summed E-state index contributed by atoms with van der Waals surface area (Å²) >= 11 is 1.62. The minimum Gasteiger partial charge on any atom is -0.378 e. The number of carbonyl (C=O) groups excluding carboxylic acids is 1. The Morgan fingerprint density at radius 3 is 2.56 bits per heavy atom. The third kappa shape index (κ3) is 5.62. The summed E-state index contributed by atoms with van der Waals surface area (Å²) < 4.78 is 11.1. The number of anilines is 1. The highest BCUT2D eigenvalue weighted by atomic mass is 32.1. The number of aromatic nitrogens is 3. The van der Waals surface area contributed by atoms with E-state index in [0.29, 0.717) is 24.9 Å². The van der Waals surface area contributed by atoms with Crippen LogP contribution in [0.5, 0.6) is 0 Å². The van der Waals surface area contributed by atoms with Crippen LogP contribution in [0.4, 0.5) is 5.69 Å². The SMILES string of the molecule is COCc1nc(-c2cccc(N(CC34CCC(c5nc(C6CC6)no5)(CC3)CC4)C(=O)CC3CCCCC3)c2)cs1. The molecule has 8 heteroatoms. The second-order valence-corrected chi connectivity index (χ2v) is 14.3. The third-order valence-electron chi connectivity index (χ3n) is 10.5. The quantitative estimate of drug-likeness (QED) is 0.246. The molecule has 0 unspecified atom stereocenters. The van der Waals surface area contributed by atoms with E-state index in [-0.39, 0.29) is 16.7 Å². The summed E-state index contributed by atoms with van der Waals surface area (Å²) in [5.41, 5.74) is 3.19. The van der Waals surface area contributed by atoms with E-state index in [1.807, 2.05) is 0 Å². The van der Waals surface area contributed by atoms with E-state index in [1.54, 1.807) is 18.4 Å². The average molecular weight is 575 g/mol. The van der Waals surface area contributed by atoms with Crippen LogP contribution < -0.4 is 4.90 Å². The predicted molar refractivity (Wildman–Crippen MR) is 160 cm³/mol. The van der Waals surface area contributed by atoms with Crippen LogP contribution in [0.1, 0.15) is 113 Å². The van der Waals surface area contributed by atoms with Crippen LogP contribution in [-0.2, 0) is 21.6 Å². The molecule has 0 saturated heterocycles. The van der Waals surface area contributed by atoms with Gasteiger partial charge in [-0.1, -0.05) is 36.6 Å². The molecule has 3 aromatic rings. The van der Waals surface area contributed by atoms with Crippen LogP contribution in [0.15, 0.2) is 34.2 Å².